The second kappa shape index (κ2) is 5.86. The van der Waals surface area contributed by atoms with Crippen molar-refractivity contribution in [2.24, 2.45) is 5.92 Å². The van der Waals surface area contributed by atoms with Gasteiger partial charge in [0.15, 0.2) is 0 Å². The van der Waals surface area contributed by atoms with Crippen LogP contribution in [0.4, 0.5) is 0 Å². The Morgan fingerprint density at radius 2 is 1.88 bits per heavy atom. The second-order valence-electron chi connectivity index (χ2n) is 4.52. The van der Waals surface area contributed by atoms with Crippen molar-refractivity contribution in [3.63, 3.8) is 0 Å². The molecule has 0 saturated carbocycles. The number of hydrogen-bond donors (Lipinski definition) is 0. The molecule has 0 aromatic carbocycles. The van der Waals surface area contributed by atoms with Crippen molar-refractivity contribution in [2.75, 3.05) is 24.6 Å². The van der Waals surface area contributed by atoms with E-state index < -0.39 is 19.1 Å². The molecule has 5 nitrogen and oxygen atoms in total. The molecule has 0 radical (unpaired) electrons. The number of sulfonamides is 1. The fraction of sp³-hybridized carbons (Fsp3) is 1.00. The Bertz CT molecular complexity index is 446. The van der Waals surface area contributed by atoms with E-state index in [1.807, 2.05) is 6.92 Å². The van der Waals surface area contributed by atoms with E-state index in [9.17, 15) is 16.8 Å². The lowest BCUT2D eigenvalue weighted by Crippen LogP contribution is -2.40. The number of hydrogen-bond acceptors (Lipinski definition) is 4. The van der Waals surface area contributed by atoms with Gasteiger partial charge in [-0.25, -0.2) is 21.1 Å². The van der Waals surface area contributed by atoms with Crippen LogP contribution in [0.25, 0.3) is 0 Å². The van der Waals surface area contributed by atoms with Crippen molar-refractivity contribution in [1.82, 2.24) is 4.31 Å². The first-order valence-electron chi connectivity index (χ1n) is 5.61. The van der Waals surface area contributed by atoms with Gasteiger partial charge in [0.25, 0.3) is 0 Å². The number of nitrogens with zero attached hydrogens (tertiary/aromatic N) is 1. The van der Waals surface area contributed by atoms with Gasteiger partial charge in [-0.3, -0.25) is 0 Å². The minimum absolute atomic E-state index is 0.0546. The van der Waals surface area contributed by atoms with Crippen LogP contribution in [0.1, 0.15) is 26.2 Å². The Morgan fingerprint density at radius 1 is 1.24 bits per heavy atom. The van der Waals surface area contributed by atoms with E-state index in [2.05, 4.69) is 0 Å². The van der Waals surface area contributed by atoms with Gasteiger partial charge in [0.2, 0.25) is 19.1 Å². The zero-order valence-electron chi connectivity index (χ0n) is 9.80. The van der Waals surface area contributed by atoms with Crippen molar-refractivity contribution >= 4 is 29.8 Å². The molecule has 0 N–H and O–H groups in total. The molecule has 1 heterocycles. The third kappa shape index (κ3) is 5.54. The molecule has 1 unspecified atom stereocenters. The molecule has 1 saturated heterocycles. The molecule has 0 aliphatic carbocycles. The first-order chi connectivity index (χ1) is 7.71. The number of halogens is 1. The maximum absolute atomic E-state index is 11.9. The molecule has 0 aromatic heterocycles. The van der Waals surface area contributed by atoms with Gasteiger partial charge in [-0.15, -0.1) is 0 Å². The SMILES string of the molecule is CC1CCCN(S(=O)(=O)CCCS(=O)(=O)Cl)C1. The number of rotatable bonds is 5. The lowest BCUT2D eigenvalue weighted by atomic mass is 10.0. The molecular weight excluding hydrogens is 286 g/mol. The molecule has 0 aromatic rings. The fourth-order valence-corrected chi connectivity index (χ4v) is 4.60. The minimum Gasteiger partial charge on any atom is -0.212 e. The third-order valence-corrected chi connectivity index (χ3v) is 5.97. The lowest BCUT2D eigenvalue weighted by molar-refractivity contribution is 0.281. The summed E-state index contributed by atoms with van der Waals surface area (Å²) in [4.78, 5) is 0. The van der Waals surface area contributed by atoms with Crippen LogP contribution in [0.2, 0.25) is 0 Å². The van der Waals surface area contributed by atoms with Crippen LogP contribution in [0, 0.1) is 5.92 Å². The van der Waals surface area contributed by atoms with Gasteiger partial charge in [0.1, 0.15) is 0 Å². The summed E-state index contributed by atoms with van der Waals surface area (Å²) in [6.45, 7) is 3.10. The highest BCUT2D eigenvalue weighted by atomic mass is 35.7. The molecule has 17 heavy (non-hydrogen) atoms. The zero-order chi connectivity index (χ0) is 13.1. The maximum Gasteiger partial charge on any atom is 0.232 e. The third-order valence-electron chi connectivity index (χ3n) is 2.80. The molecule has 1 aliphatic heterocycles. The predicted molar refractivity (Wildman–Crippen MR) is 68.0 cm³/mol. The highest BCUT2D eigenvalue weighted by Gasteiger charge is 2.26. The summed E-state index contributed by atoms with van der Waals surface area (Å²) in [7, 11) is -1.89. The summed E-state index contributed by atoms with van der Waals surface area (Å²) < 4.78 is 46.7. The van der Waals surface area contributed by atoms with Gasteiger partial charge in [-0.05, 0) is 25.2 Å². The first kappa shape index (κ1) is 15.2. The van der Waals surface area contributed by atoms with Gasteiger partial charge in [0, 0.05) is 23.8 Å². The Kier molecular flexibility index (Phi) is 5.24. The lowest BCUT2D eigenvalue weighted by Gasteiger charge is -2.29. The number of piperidine rings is 1. The van der Waals surface area contributed by atoms with E-state index in [1.54, 1.807) is 0 Å². The molecule has 8 heteroatoms. The Balaban J connectivity index is 2.50. The van der Waals surface area contributed by atoms with E-state index in [1.165, 1.54) is 4.31 Å². The van der Waals surface area contributed by atoms with Gasteiger partial charge in [-0.2, -0.15) is 0 Å². The minimum atomic E-state index is -3.60. The van der Waals surface area contributed by atoms with Crippen LogP contribution in [0.15, 0.2) is 0 Å². The molecule has 1 atom stereocenters. The summed E-state index contributed by atoms with van der Waals surface area (Å²) in [6.07, 6.45) is 1.97. The normalized spacial score (nSPS) is 23.8. The average molecular weight is 304 g/mol. The Morgan fingerprint density at radius 3 is 2.41 bits per heavy atom. The van der Waals surface area contributed by atoms with Crippen LogP contribution in [0.5, 0.6) is 0 Å². The largest absolute Gasteiger partial charge is 0.232 e. The van der Waals surface area contributed by atoms with Gasteiger partial charge in [0.05, 0.1) is 11.5 Å². The predicted octanol–water partition coefficient (Wildman–Crippen LogP) is 1.01. The van der Waals surface area contributed by atoms with Crippen LogP contribution in [-0.4, -0.2) is 45.7 Å². The summed E-state index contributed by atoms with van der Waals surface area (Å²) >= 11 is 0. The molecule has 1 rings (SSSR count). The molecule has 0 amide bonds. The van der Waals surface area contributed by atoms with Crippen molar-refractivity contribution in [3.8, 4) is 0 Å². The monoisotopic (exact) mass is 303 g/mol. The van der Waals surface area contributed by atoms with E-state index in [-0.39, 0.29) is 17.9 Å². The van der Waals surface area contributed by atoms with E-state index >= 15 is 0 Å². The van der Waals surface area contributed by atoms with E-state index in [4.69, 9.17) is 10.7 Å². The quantitative estimate of drug-likeness (QED) is 0.711. The van der Waals surface area contributed by atoms with Crippen LogP contribution < -0.4 is 0 Å². The molecule has 1 aliphatic rings. The van der Waals surface area contributed by atoms with Gasteiger partial charge in [-0.1, -0.05) is 6.92 Å². The highest BCUT2D eigenvalue weighted by Crippen LogP contribution is 2.19. The maximum atomic E-state index is 11.9. The Hall–Kier alpha value is 0.150. The summed E-state index contributed by atoms with van der Waals surface area (Å²) in [5, 5.41) is 0. The van der Waals surface area contributed by atoms with Crippen LogP contribution in [-0.2, 0) is 19.1 Å². The second-order valence-corrected chi connectivity index (χ2v) is 9.50. The van der Waals surface area contributed by atoms with Crippen LogP contribution in [0.3, 0.4) is 0 Å². The zero-order valence-corrected chi connectivity index (χ0v) is 12.2. The van der Waals surface area contributed by atoms with Crippen molar-refractivity contribution in [1.29, 1.82) is 0 Å². The fourth-order valence-electron chi connectivity index (χ4n) is 1.94. The van der Waals surface area contributed by atoms with Gasteiger partial charge < -0.3 is 0 Å². The molecule has 0 bridgehead atoms. The first-order valence-corrected chi connectivity index (χ1v) is 9.69. The summed E-state index contributed by atoms with van der Waals surface area (Å²) in [5.74, 6) is -0.0710. The molecule has 1 fully saturated rings. The summed E-state index contributed by atoms with van der Waals surface area (Å²) in [6, 6.07) is 0. The van der Waals surface area contributed by atoms with E-state index in [0.717, 1.165) is 12.8 Å². The molecule has 102 valence electrons. The molecular formula is C9H18ClNO4S2. The smallest absolute Gasteiger partial charge is 0.212 e. The van der Waals surface area contributed by atoms with Crippen molar-refractivity contribution in [2.45, 2.75) is 26.2 Å². The summed E-state index contributed by atoms with van der Waals surface area (Å²) in [5.41, 5.74) is 0. The average Bonchev–Trinajstić information content (AvgIpc) is 2.15. The standard InChI is InChI=1S/C9H18ClNO4S2/c1-9-4-2-5-11(8-9)17(14,15)7-3-6-16(10,12)13/h9H,2-8H2,1H3. The van der Waals surface area contributed by atoms with Crippen LogP contribution >= 0.6 is 10.7 Å². The molecule has 0 spiro atoms. The Labute approximate surface area is 108 Å². The van der Waals surface area contributed by atoms with Crippen molar-refractivity contribution < 1.29 is 16.8 Å². The topological polar surface area (TPSA) is 71.5 Å². The van der Waals surface area contributed by atoms with Crippen molar-refractivity contribution in [3.05, 3.63) is 0 Å². The van der Waals surface area contributed by atoms with Gasteiger partial charge >= 0.3 is 0 Å². The highest BCUT2D eigenvalue weighted by molar-refractivity contribution is 8.13. The van der Waals surface area contributed by atoms with E-state index in [0.29, 0.717) is 19.0 Å².